The summed E-state index contributed by atoms with van der Waals surface area (Å²) in [4.78, 5) is 17.0. The second-order valence-corrected chi connectivity index (χ2v) is 10.5. The Hall–Kier alpha value is -1.90. The number of thioether (sulfide) groups is 1. The van der Waals surface area contributed by atoms with Gasteiger partial charge < -0.3 is 5.32 Å². The number of nitrogens with one attached hydrogen (secondary N) is 1. The van der Waals surface area contributed by atoms with E-state index in [4.69, 9.17) is 0 Å². The van der Waals surface area contributed by atoms with E-state index in [9.17, 15) is 13.2 Å². The van der Waals surface area contributed by atoms with Gasteiger partial charge in [-0.3, -0.25) is 4.79 Å². The third kappa shape index (κ3) is 4.56. The number of sulfonamides is 1. The highest BCUT2D eigenvalue weighted by atomic mass is 32.2. The number of hydrogen-bond acceptors (Lipinski definition) is 5. The topological polar surface area (TPSA) is 79.4 Å². The molecular weight excluding hydrogens is 394 g/mol. The SMILES string of the molecule is C[C@@H](Sc1ccc(S(=O)(=O)N(C)C)cn1)C(=O)N[C@@H]1CCCc2ccccc21. The van der Waals surface area contributed by atoms with Crippen LogP contribution in [0, 0.1) is 0 Å². The number of carbonyl (C=O) groups is 1. The first-order chi connectivity index (χ1) is 13.3. The summed E-state index contributed by atoms with van der Waals surface area (Å²) >= 11 is 1.32. The molecule has 0 unspecified atom stereocenters. The average Bonchev–Trinajstić information content (AvgIpc) is 2.68. The van der Waals surface area contributed by atoms with Gasteiger partial charge in [0, 0.05) is 20.3 Å². The zero-order valence-corrected chi connectivity index (χ0v) is 17.9. The standard InChI is InChI=1S/C20H25N3O3S2/c1-14(27-19-12-11-16(13-21-19)28(25,26)23(2)3)20(24)22-18-10-6-8-15-7-4-5-9-17(15)18/h4-5,7,9,11-14,18H,6,8,10H2,1-3H3,(H,22,24)/t14-,18-/m1/s1. The lowest BCUT2D eigenvalue weighted by Gasteiger charge is -2.27. The van der Waals surface area contributed by atoms with Gasteiger partial charge in [0.15, 0.2) is 0 Å². The first kappa shape index (κ1) is 20.8. The first-order valence-electron chi connectivity index (χ1n) is 9.22. The van der Waals surface area contributed by atoms with Crippen LogP contribution in [0.3, 0.4) is 0 Å². The smallest absolute Gasteiger partial charge is 0.244 e. The number of rotatable bonds is 6. The molecule has 0 bridgehead atoms. The molecule has 0 saturated carbocycles. The van der Waals surface area contributed by atoms with Crippen LogP contribution in [0.1, 0.15) is 36.9 Å². The van der Waals surface area contributed by atoms with Crippen LogP contribution in [0.2, 0.25) is 0 Å². The quantitative estimate of drug-likeness (QED) is 0.728. The molecule has 28 heavy (non-hydrogen) atoms. The Morgan fingerprint density at radius 1 is 1.25 bits per heavy atom. The van der Waals surface area contributed by atoms with Crippen molar-refractivity contribution >= 4 is 27.7 Å². The molecule has 6 nitrogen and oxygen atoms in total. The maximum absolute atomic E-state index is 12.7. The number of aryl methyl sites for hydroxylation is 1. The van der Waals surface area contributed by atoms with Gasteiger partial charge in [0.2, 0.25) is 15.9 Å². The van der Waals surface area contributed by atoms with E-state index in [0.717, 1.165) is 23.6 Å². The Balaban J connectivity index is 1.64. The molecule has 0 saturated heterocycles. The van der Waals surface area contributed by atoms with Gasteiger partial charge in [-0.1, -0.05) is 36.0 Å². The Morgan fingerprint density at radius 2 is 2.00 bits per heavy atom. The molecule has 1 N–H and O–H groups in total. The van der Waals surface area contributed by atoms with Crippen LogP contribution in [0.4, 0.5) is 0 Å². The molecule has 3 rings (SSSR count). The maximum Gasteiger partial charge on any atom is 0.244 e. The number of carbonyl (C=O) groups excluding carboxylic acids is 1. The van der Waals surface area contributed by atoms with Crippen molar-refractivity contribution in [2.24, 2.45) is 0 Å². The molecule has 1 aromatic carbocycles. The van der Waals surface area contributed by atoms with Crippen molar-refractivity contribution in [2.75, 3.05) is 14.1 Å². The molecule has 1 aromatic heterocycles. The van der Waals surface area contributed by atoms with Crippen LogP contribution in [-0.4, -0.2) is 43.0 Å². The number of hydrogen-bond donors (Lipinski definition) is 1. The highest BCUT2D eigenvalue weighted by Gasteiger charge is 2.24. The van der Waals surface area contributed by atoms with E-state index in [0.29, 0.717) is 5.03 Å². The fourth-order valence-electron chi connectivity index (χ4n) is 3.23. The summed E-state index contributed by atoms with van der Waals surface area (Å²) in [5, 5.41) is 3.44. The molecule has 0 fully saturated rings. The Bertz CT molecular complexity index is 943. The number of fused-ring (bicyclic) bond motifs is 1. The largest absolute Gasteiger partial charge is 0.348 e. The van der Waals surface area contributed by atoms with Crippen molar-refractivity contribution < 1.29 is 13.2 Å². The summed E-state index contributed by atoms with van der Waals surface area (Å²) in [5.74, 6) is -0.0431. The van der Waals surface area contributed by atoms with E-state index >= 15 is 0 Å². The van der Waals surface area contributed by atoms with E-state index < -0.39 is 10.0 Å². The van der Waals surface area contributed by atoms with Crippen molar-refractivity contribution in [1.29, 1.82) is 0 Å². The van der Waals surface area contributed by atoms with E-state index in [2.05, 4.69) is 22.4 Å². The number of aromatic nitrogens is 1. The zero-order valence-electron chi connectivity index (χ0n) is 16.3. The summed E-state index contributed by atoms with van der Waals surface area (Å²) in [6.07, 6.45) is 4.39. The summed E-state index contributed by atoms with van der Waals surface area (Å²) in [6.45, 7) is 1.83. The molecule has 1 heterocycles. The van der Waals surface area contributed by atoms with Crippen molar-refractivity contribution in [2.45, 2.75) is 47.4 Å². The highest BCUT2D eigenvalue weighted by Crippen LogP contribution is 2.30. The van der Waals surface area contributed by atoms with Crippen LogP contribution in [0.5, 0.6) is 0 Å². The molecule has 2 atom stereocenters. The lowest BCUT2D eigenvalue weighted by Crippen LogP contribution is -2.35. The van der Waals surface area contributed by atoms with Crippen LogP contribution in [-0.2, 0) is 21.2 Å². The summed E-state index contributed by atoms with van der Waals surface area (Å²) in [7, 11) is -0.544. The van der Waals surface area contributed by atoms with Gasteiger partial charge in [0.1, 0.15) is 4.90 Å². The van der Waals surface area contributed by atoms with Gasteiger partial charge in [-0.05, 0) is 49.4 Å². The van der Waals surface area contributed by atoms with Gasteiger partial charge in [0.25, 0.3) is 0 Å². The lowest BCUT2D eigenvalue weighted by atomic mass is 9.88. The van der Waals surface area contributed by atoms with Crippen LogP contribution < -0.4 is 5.32 Å². The molecule has 1 amide bonds. The molecule has 1 aliphatic carbocycles. The first-order valence-corrected chi connectivity index (χ1v) is 11.5. The van der Waals surface area contributed by atoms with E-state index in [1.807, 2.05) is 19.1 Å². The van der Waals surface area contributed by atoms with Crippen molar-refractivity contribution in [3.63, 3.8) is 0 Å². The number of pyridine rings is 1. The minimum atomic E-state index is -3.50. The van der Waals surface area contributed by atoms with Crippen molar-refractivity contribution in [1.82, 2.24) is 14.6 Å². The molecule has 0 radical (unpaired) electrons. The van der Waals surface area contributed by atoms with E-state index in [-0.39, 0.29) is 22.1 Å². The predicted octanol–water partition coefficient (Wildman–Crippen LogP) is 3.01. The fourth-order valence-corrected chi connectivity index (χ4v) is 4.87. The van der Waals surface area contributed by atoms with Crippen LogP contribution in [0.15, 0.2) is 52.5 Å². The maximum atomic E-state index is 12.7. The molecule has 0 aliphatic heterocycles. The third-order valence-corrected chi connectivity index (χ3v) is 7.69. The number of amides is 1. The molecule has 150 valence electrons. The Morgan fingerprint density at radius 3 is 2.68 bits per heavy atom. The molecule has 1 aliphatic rings. The second kappa shape index (κ2) is 8.63. The molecular formula is C20H25N3O3S2. The summed E-state index contributed by atoms with van der Waals surface area (Å²) in [5.41, 5.74) is 2.51. The lowest BCUT2D eigenvalue weighted by molar-refractivity contribution is -0.121. The van der Waals surface area contributed by atoms with Crippen molar-refractivity contribution in [3.05, 3.63) is 53.7 Å². The van der Waals surface area contributed by atoms with Gasteiger partial charge in [0.05, 0.1) is 16.3 Å². The van der Waals surface area contributed by atoms with Gasteiger partial charge in [-0.2, -0.15) is 0 Å². The molecule has 8 heteroatoms. The summed E-state index contributed by atoms with van der Waals surface area (Å²) in [6, 6.07) is 11.5. The fraction of sp³-hybridized carbons (Fsp3) is 0.400. The summed E-state index contributed by atoms with van der Waals surface area (Å²) < 4.78 is 25.4. The predicted molar refractivity (Wildman–Crippen MR) is 111 cm³/mol. The Kier molecular flexibility index (Phi) is 6.42. The van der Waals surface area contributed by atoms with Crippen molar-refractivity contribution in [3.8, 4) is 0 Å². The molecule has 0 spiro atoms. The van der Waals surface area contributed by atoms with E-state index in [1.54, 1.807) is 6.07 Å². The number of benzene rings is 1. The zero-order chi connectivity index (χ0) is 20.3. The average molecular weight is 420 g/mol. The third-order valence-electron chi connectivity index (χ3n) is 4.84. The van der Waals surface area contributed by atoms with Crippen LogP contribution >= 0.6 is 11.8 Å². The highest BCUT2D eigenvalue weighted by molar-refractivity contribution is 8.00. The minimum absolute atomic E-state index is 0.0427. The minimum Gasteiger partial charge on any atom is -0.348 e. The van der Waals surface area contributed by atoms with E-state index in [1.165, 1.54) is 49.2 Å². The van der Waals surface area contributed by atoms with Crippen LogP contribution in [0.25, 0.3) is 0 Å². The monoisotopic (exact) mass is 419 g/mol. The Labute approximate surface area is 170 Å². The number of nitrogens with zero attached hydrogens (tertiary/aromatic N) is 2. The normalized spacial score (nSPS) is 17.8. The molecule has 2 aromatic rings. The second-order valence-electron chi connectivity index (χ2n) is 7.03. The van der Waals surface area contributed by atoms with Gasteiger partial charge in [-0.15, -0.1) is 0 Å². The van der Waals surface area contributed by atoms with Gasteiger partial charge in [-0.25, -0.2) is 17.7 Å². The van der Waals surface area contributed by atoms with Gasteiger partial charge >= 0.3 is 0 Å².